The zero-order valence-electron chi connectivity index (χ0n) is 18.5. The lowest BCUT2D eigenvalue weighted by atomic mass is 10.1. The summed E-state index contributed by atoms with van der Waals surface area (Å²) in [5.41, 5.74) is 3.38. The molecule has 0 aliphatic carbocycles. The molecule has 6 heteroatoms. The number of anilines is 2. The lowest BCUT2D eigenvalue weighted by Gasteiger charge is -2.28. The first kappa shape index (κ1) is 23.2. The van der Waals surface area contributed by atoms with Gasteiger partial charge in [0.1, 0.15) is 11.6 Å². The minimum Gasteiger partial charge on any atom is -0.381 e. The standard InChI is InChI=1S/C25H33F2N3O/c1-18(2)25(31)30-11-7-5-3-4-6-10-28-17-20-14-23(8-9-24(20)30)29-16-19-12-21(26)15-22(27)13-19/h8-9,12-15,18,28-29H,3-7,10-11,16-17H2,1-2H3. The number of nitrogens with zero attached hydrogens (tertiary/aromatic N) is 1. The van der Waals surface area contributed by atoms with E-state index >= 15 is 0 Å². The van der Waals surface area contributed by atoms with E-state index in [4.69, 9.17) is 0 Å². The Morgan fingerprint density at radius 2 is 1.74 bits per heavy atom. The minimum absolute atomic E-state index is 0.0746. The van der Waals surface area contributed by atoms with Gasteiger partial charge in [-0.3, -0.25) is 4.79 Å². The summed E-state index contributed by atoms with van der Waals surface area (Å²) in [6.45, 7) is 6.52. The molecule has 31 heavy (non-hydrogen) atoms. The molecule has 168 valence electrons. The second kappa shape index (κ2) is 11.2. The second-order valence-electron chi connectivity index (χ2n) is 8.56. The van der Waals surface area contributed by atoms with E-state index in [0.717, 1.165) is 55.4 Å². The maximum atomic E-state index is 13.5. The van der Waals surface area contributed by atoms with Gasteiger partial charge in [-0.1, -0.05) is 33.1 Å². The molecule has 3 rings (SSSR count). The molecule has 1 aliphatic heterocycles. The predicted molar refractivity (Wildman–Crippen MR) is 122 cm³/mol. The minimum atomic E-state index is -0.582. The number of carbonyl (C=O) groups is 1. The van der Waals surface area contributed by atoms with Crippen molar-refractivity contribution in [1.29, 1.82) is 0 Å². The number of benzene rings is 2. The summed E-state index contributed by atoms with van der Waals surface area (Å²) in [5, 5.41) is 6.75. The van der Waals surface area contributed by atoms with Crippen LogP contribution in [-0.4, -0.2) is 19.0 Å². The van der Waals surface area contributed by atoms with Crippen molar-refractivity contribution < 1.29 is 13.6 Å². The molecule has 0 fully saturated rings. The molecule has 0 unspecified atom stereocenters. The highest BCUT2D eigenvalue weighted by Gasteiger charge is 2.21. The van der Waals surface area contributed by atoms with Crippen LogP contribution >= 0.6 is 0 Å². The molecule has 1 amide bonds. The summed E-state index contributed by atoms with van der Waals surface area (Å²) in [6, 6.07) is 9.48. The number of rotatable bonds is 4. The molecule has 1 aliphatic rings. The van der Waals surface area contributed by atoms with Crippen LogP contribution in [0.15, 0.2) is 36.4 Å². The van der Waals surface area contributed by atoms with Gasteiger partial charge in [0, 0.05) is 43.0 Å². The Labute approximate surface area is 184 Å². The summed E-state index contributed by atoms with van der Waals surface area (Å²) >= 11 is 0. The van der Waals surface area contributed by atoms with Crippen LogP contribution in [0.4, 0.5) is 20.2 Å². The number of hydrogen-bond acceptors (Lipinski definition) is 3. The fourth-order valence-corrected chi connectivity index (χ4v) is 3.95. The Kier molecular flexibility index (Phi) is 8.41. The van der Waals surface area contributed by atoms with Crippen molar-refractivity contribution in [2.75, 3.05) is 23.3 Å². The van der Waals surface area contributed by atoms with Crippen LogP contribution in [-0.2, 0) is 17.9 Å². The van der Waals surface area contributed by atoms with Crippen molar-refractivity contribution in [1.82, 2.24) is 5.32 Å². The van der Waals surface area contributed by atoms with Gasteiger partial charge in [0.2, 0.25) is 5.91 Å². The van der Waals surface area contributed by atoms with Crippen LogP contribution < -0.4 is 15.5 Å². The third-order valence-corrected chi connectivity index (χ3v) is 5.60. The second-order valence-corrected chi connectivity index (χ2v) is 8.56. The van der Waals surface area contributed by atoms with Gasteiger partial charge in [-0.05, 0) is 60.8 Å². The molecule has 0 spiro atoms. The first-order chi connectivity index (χ1) is 14.9. The lowest BCUT2D eigenvalue weighted by molar-refractivity contribution is -0.121. The van der Waals surface area contributed by atoms with Gasteiger partial charge in [-0.25, -0.2) is 8.78 Å². The van der Waals surface area contributed by atoms with E-state index in [-0.39, 0.29) is 11.8 Å². The molecule has 0 bridgehead atoms. The molecule has 2 N–H and O–H groups in total. The van der Waals surface area contributed by atoms with E-state index in [2.05, 4.69) is 10.6 Å². The van der Waals surface area contributed by atoms with E-state index in [0.29, 0.717) is 18.7 Å². The van der Waals surface area contributed by atoms with Gasteiger partial charge in [0.15, 0.2) is 0 Å². The van der Waals surface area contributed by atoms with Crippen molar-refractivity contribution in [2.45, 2.75) is 59.0 Å². The Morgan fingerprint density at radius 3 is 2.48 bits per heavy atom. The molecule has 2 aromatic rings. The van der Waals surface area contributed by atoms with Gasteiger partial charge in [0.05, 0.1) is 0 Å². The summed E-state index contributed by atoms with van der Waals surface area (Å²) in [5.74, 6) is -1.11. The normalized spacial score (nSPS) is 15.7. The topological polar surface area (TPSA) is 44.4 Å². The molecule has 2 aromatic carbocycles. The lowest BCUT2D eigenvalue weighted by Crippen LogP contribution is -2.36. The molecule has 0 aromatic heterocycles. The van der Waals surface area contributed by atoms with Crippen LogP contribution in [0.5, 0.6) is 0 Å². The van der Waals surface area contributed by atoms with Crippen LogP contribution in [0.25, 0.3) is 0 Å². The smallest absolute Gasteiger partial charge is 0.229 e. The van der Waals surface area contributed by atoms with E-state index in [9.17, 15) is 13.6 Å². The third kappa shape index (κ3) is 6.76. The summed E-state index contributed by atoms with van der Waals surface area (Å²) < 4.78 is 26.9. The maximum absolute atomic E-state index is 13.5. The van der Waals surface area contributed by atoms with Crippen molar-refractivity contribution in [2.24, 2.45) is 5.92 Å². The Morgan fingerprint density at radius 1 is 1.03 bits per heavy atom. The highest BCUT2D eigenvalue weighted by atomic mass is 19.1. The number of fused-ring (bicyclic) bond motifs is 1. The first-order valence-corrected chi connectivity index (χ1v) is 11.3. The number of nitrogens with one attached hydrogen (secondary N) is 2. The van der Waals surface area contributed by atoms with Crippen molar-refractivity contribution in [3.05, 3.63) is 59.2 Å². The molecule has 4 nitrogen and oxygen atoms in total. The van der Waals surface area contributed by atoms with Gasteiger partial charge < -0.3 is 15.5 Å². The molecule has 0 saturated carbocycles. The summed E-state index contributed by atoms with van der Waals surface area (Å²) in [6.07, 6.45) is 5.66. The Balaban J connectivity index is 1.84. The number of hydrogen-bond donors (Lipinski definition) is 2. The fraction of sp³-hybridized carbons (Fsp3) is 0.480. The largest absolute Gasteiger partial charge is 0.381 e. The zero-order valence-corrected chi connectivity index (χ0v) is 18.5. The molecule has 0 radical (unpaired) electrons. The van der Waals surface area contributed by atoms with Gasteiger partial charge >= 0.3 is 0 Å². The zero-order chi connectivity index (χ0) is 22.2. The van der Waals surface area contributed by atoms with Gasteiger partial charge in [-0.15, -0.1) is 0 Å². The van der Waals surface area contributed by atoms with E-state index < -0.39 is 11.6 Å². The van der Waals surface area contributed by atoms with Crippen molar-refractivity contribution in [3.8, 4) is 0 Å². The SMILES string of the molecule is CC(C)C(=O)N1CCCCCCCNCc2cc(NCc3cc(F)cc(F)c3)ccc21. The van der Waals surface area contributed by atoms with Crippen LogP contribution in [0.3, 0.4) is 0 Å². The Hall–Kier alpha value is -2.47. The van der Waals surface area contributed by atoms with Gasteiger partial charge in [0.25, 0.3) is 0 Å². The molecule has 0 atom stereocenters. The monoisotopic (exact) mass is 429 g/mol. The van der Waals surface area contributed by atoms with E-state index in [1.54, 1.807) is 0 Å². The van der Waals surface area contributed by atoms with Crippen molar-refractivity contribution >= 4 is 17.3 Å². The van der Waals surface area contributed by atoms with Crippen LogP contribution in [0, 0.1) is 17.6 Å². The molecule has 1 heterocycles. The molecular formula is C25H33F2N3O. The van der Waals surface area contributed by atoms with Crippen LogP contribution in [0.2, 0.25) is 0 Å². The quantitative estimate of drug-likeness (QED) is 0.663. The average molecular weight is 430 g/mol. The average Bonchev–Trinajstić information content (AvgIpc) is 2.72. The van der Waals surface area contributed by atoms with E-state index in [1.807, 2.05) is 36.9 Å². The number of carbonyl (C=O) groups excluding carboxylic acids is 1. The maximum Gasteiger partial charge on any atom is 0.229 e. The van der Waals surface area contributed by atoms with Crippen molar-refractivity contribution in [3.63, 3.8) is 0 Å². The first-order valence-electron chi connectivity index (χ1n) is 11.3. The molecule has 0 saturated heterocycles. The number of halogens is 2. The highest BCUT2D eigenvalue weighted by Crippen LogP contribution is 2.27. The van der Waals surface area contributed by atoms with Gasteiger partial charge in [-0.2, -0.15) is 0 Å². The number of amides is 1. The highest BCUT2D eigenvalue weighted by molar-refractivity contribution is 5.95. The summed E-state index contributed by atoms with van der Waals surface area (Å²) in [7, 11) is 0. The van der Waals surface area contributed by atoms with Crippen LogP contribution in [0.1, 0.15) is 57.1 Å². The third-order valence-electron chi connectivity index (χ3n) is 5.60. The predicted octanol–water partition coefficient (Wildman–Crippen LogP) is 5.62. The Bertz CT molecular complexity index is 865. The molecular weight excluding hydrogens is 396 g/mol. The van der Waals surface area contributed by atoms with E-state index in [1.165, 1.54) is 25.0 Å². The fourth-order valence-electron chi connectivity index (χ4n) is 3.95. The summed E-state index contributed by atoms with van der Waals surface area (Å²) in [4.78, 5) is 14.9.